The maximum Gasteiger partial charge on any atom is 0.428 e. The molecule has 3 rings (SSSR count). The van der Waals surface area contributed by atoms with Gasteiger partial charge in [0.15, 0.2) is 0 Å². The third-order valence-corrected chi connectivity index (χ3v) is 6.00. The van der Waals surface area contributed by atoms with E-state index in [9.17, 15) is 13.2 Å². The van der Waals surface area contributed by atoms with E-state index in [0.717, 1.165) is 15.4 Å². The summed E-state index contributed by atoms with van der Waals surface area (Å²) in [7, 11) is 0. The van der Waals surface area contributed by atoms with Gasteiger partial charge in [-0.15, -0.1) is 11.8 Å². The molecular formula is C17H11BrCl2F3NOS. The molecule has 0 radical (unpaired) electrons. The minimum Gasteiger partial charge on any atom is -0.265 e. The maximum atomic E-state index is 13.9. The van der Waals surface area contributed by atoms with Crippen molar-refractivity contribution in [3.05, 3.63) is 68.1 Å². The molecule has 2 aromatic rings. The fourth-order valence-corrected chi connectivity index (χ4v) is 4.44. The highest BCUT2D eigenvalue weighted by Gasteiger charge is 2.59. The molecule has 2 nitrogen and oxygen atoms in total. The van der Waals surface area contributed by atoms with Crippen LogP contribution in [0, 0.1) is 0 Å². The second kappa shape index (κ2) is 7.28. The van der Waals surface area contributed by atoms with Crippen molar-refractivity contribution < 1.29 is 18.0 Å². The zero-order valence-corrected chi connectivity index (χ0v) is 17.0. The van der Waals surface area contributed by atoms with Crippen molar-refractivity contribution in [3.63, 3.8) is 0 Å². The lowest BCUT2D eigenvalue weighted by molar-refractivity contribution is -0.269. The molecule has 1 atom stereocenters. The van der Waals surface area contributed by atoms with Gasteiger partial charge >= 0.3 is 6.18 Å². The fourth-order valence-electron chi connectivity index (χ4n) is 2.59. The molecule has 26 heavy (non-hydrogen) atoms. The van der Waals surface area contributed by atoms with Crippen molar-refractivity contribution in [3.8, 4) is 0 Å². The molecule has 1 N–H and O–H groups in total. The number of alkyl halides is 3. The summed E-state index contributed by atoms with van der Waals surface area (Å²) in [5.41, 5.74) is 0.254. The van der Waals surface area contributed by atoms with E-state index in [1.807, 2.05) is 12.3 Å². The molecule has 1 aliphatic rings. The number of hydrogen-bond donors (Lipinski definition) is 1. The van der Waals surface area contributed by atoms with E-state index in [2.05, 4.69) is 21.4 Å². The Bertz CT molecular complexity index is 871. The van der Waals surface area contributed by atoms with Crippen LogP contribution < -0.4 is 5.48 Å². The van der Waals surface area contributed by atoms with Gasteiger partial charge in [-0.3, -0.25) is 10.3 Å². The Kier molecular flexibility index (Phi) is 5.57. The number of thioether (sulfide) groups is 1. The third-order valence-electron chi connectivity index (χ3n) is 3.84. The monoisotopic (exact) mass is 483 g/mol. The smallest absolute Gasteiger partial charge is 0.265 e. The SMILES string of the molecule is CSc1ccc(C2=CC(c3cc(Cl)cc(Cl)c3)(C(F)(F)F)ON2)cc1Br. The average Bonchev–Trinajstić information content (AvgIpc) is 3.00. The normalized spacial score (nSPS) is 20.0. The summed E-state index contributed by atoms with van der Waals surface area (Å²) < 4.78 is 42.6. The first-order chi connectivity index (χ1) is 12.2. The lowest BCUT2D eigenvalue weighted by Crippen LogP contribution is -2.42. The van der Waals surface area contributed by atoms with E-state index in [1.165, 1.54) is 30.0 Å². The standard InChI is InChI=1S/C17H11BrCl2F3NOS/c1-26-15-3-2-9(4-13(15)18)14-8-16(25-24-14,17(21,22)23)10-5-11(19)7-12(20)6-10/h2-8,24H,1H3. The van der Waals surface area contributed by atoms with E-state index < -0.39 is 11.8 Å². The van der Waals surface area contributed by atoms with E-state index in [4.69, 9.17) is 28.0 Å². The minimum atomic E-state index is -4.73. The van der Waals surface area contributed by atoms with Crippen molar-refractivity contribution in [1.29, 1.82) is 0 Å². The quantitative estimate of drug-likeness (QED) is 0.483. The van der Waals surface area contributed by atoms with Gasteiger partial charge in [-0.25, -0.2) is 0 Å². The van der Waals surface area contributed by atoms with Crippen LogP contribution in [0.1, 0.15) is 11.1 Å². The van der Waals surface area contributed by atoms with E-state index in [-0.39, 0.29) is 21.3 Å². The zero-order chi connectivity index (χ0) is 19.1. The summed E-state index contributed by atoms with van der Waals surface area (Å²) in [5, 5.41) is 0.183. The van der Waals surface area contributed by atoms with Gasteiger partial charge in [0.1, 0.15) is 0 Å². The van der Waals surface area contributed by atoms with Crippen LogP contribution in [0.2, 0.25) is 10.0 Å². The van der Waals surface area contributed by atoms with Crippen LogP contribution in [0.15, 0.2) is 51.8 Å². The van der Waals surface area contributed by atoms with Crippen molar-refractivity contribution in [1.82, 2.24) is 5.48 Å². The number of hydroxylamine groups is 1. The van der Waals surface area contributed by atoms with Crippen LogP contribution >= 0.6 is 50.9 Å². The number of benzene rings is 2. The molecule has 138 valence electrons. The Morgan fingerprint density at radius 3 is 2.31 bits per heavy atom. The number of hydrogen-bond acceptors (Lipinski definition) is 3. The van der Waals surface area contributed by atoms with E-state index in [1.54, 1.807) is 12.1 Å². The molecular weight excluding hydrogens is 474 g/mol. The van der Waals surface area contributed by atoms with Gasteiger partial charge in [0, 0.05) is 30.5 Å². The summed E-state index contributed by atoms with van der Waals surface area (Å²) in [6, 6.07) is 9.00. The van der Waals surface area contributed by atoms with Gasteiger partial charge in [0.05, 0.1) is 5.70 Å². The van der Waals surface area contributed by atoms with Crippen LogP contribution in [0.25, 0.3) is 5.70 Å². The van der Waals surface area contributed by atoms with Crippen LogP contribution in [-0.4, -0.2) is 12.4 Å². The Labute approximate surface area is 170 Å². The Balaban J connectivity index is 2.12. The summed E-state index contributed by atoms with van der Waals surface area (Å²) in [6.45, 7) is 0. The Morgan fingerprint density at radius 1 is 1.12 bits per heavy atom. The van der Waals surface area contributed by atoms with E-state index >= 15 is 0 Å². The average molecular weight is 485 g/mol. The second-order valence-electron chi connectivity index (χ2n) is 5.50. The summed E-state index contributed by atoms with van der Waals surface area (Å²) in [6.07, 6.45) is -1.82. The zero-order valence-electron chi connectivity index (χ0n) is 13.1. The Hall–Kier alpha value is -0.860. The van der Waals surface area contributed by atoms with Crippen LogP contribution in [0.4, 0.5) is 13.2 Å². The molecule has 0 bridgehead atoms. The van der Waals surface area contributed by atoms with Crippen LogP contribution in [-0.2, 0) is 10.4 Å². The molecule has 0 aromatic heterocycles. The Morgan fingerprint density at radius 2 is 1.77 bits per heavy atom. The van der Waals surface area contributed by atoms with E-state index in [0.29, 0.717) is 5.56 Å². The topological polar surface area (TPSA) is 21.3 Å². The molecule has 0 amide bonds. The molecule has 9 heteroatoms. The predicted octanol–water partition coefficient (Wildman–Crippen LogP) is 6.81. The molecule has 1 unspecified atom stereocenters. The molecule has 1 heterocycles. The van der Waals surface area contributed by atoms with Gasteiger partial charge in [-0.1, -0.05) is 29.3 Å². The maximum absolute atomic E-state index is 13.9. The van der Waals surface area contributed by atoms with Crippen LogP contribution in [0.5, 0.6) is 0 Å². The lowest BCUT2D eigenvalue weighted by Gasteiger charge is -2.28. The van der Waals surface area contributed by atoms with Crippen molar-refractivity contribution in [2.75, 3.05) is 6.26 Å². The fraction of sp³-hybridized carbons (Fsp3) is 0.176. The summed E-state index contributed by atoms with van der Waals surface area (Å²) in [5.74, 6) is 0. The second-order valence-corrected chi connectivity index (χ2v) is 8.08. The molecule has 0 spiro atoms. The molecule has 2 aromatic carbocycles. The first kappa shape index (κ1) is 19.9. The number of halogens is 6. The minimum absolute atomic E-state index is 0.0913. The van der Waals surface area contributed by atoms with Gasteiger partial charge in [-0.2, -0.15) is 13.2 Å². The highest BCUT2D eigenvalue weighted by Crippen LogP contribution is 2.48. The van der Waals surface area contributed by atoms with Crippen molar-refractivity contribution in [2.45, 2.75) is 16.7 Å². The first-order valence-corrected chi connectivity index (χ1v) is 9.98. The highest BCUT2D eigenvalue weighted by molar-refractivity contribution is 9.10. The van der Waals surface area contributed by atoms with Gasteiger partial charge in [0.2, 0.25) is 5.60 Å². The lowest BCUT2D eigenvalue weighted by atomic mass is 9.91. The molecule has 0 aliphatic carbocycles. The highest BCUT2D eigenvalue weighted by atomic mass is 79.9. The molecule has 0 fully saturated rings. The van der Waals surface area contributed by atoms with Gasteiger partial charge < -0.3 is 0 Å². The largest absolute Gasteiger partial charge is 0.428 e. The van der Waals surface area contributed by atoms with Crippen molar-refractivity contribution in [2.24, 2.45) is 0 Å². The molecule has 0 saturated carbocycles. The molecule has 1 aliphatic heterocycles. The third kappa shape index (κ3) is 3.60. The van der Waals surface area contributed by atoms with Crippen molar-refractivity contribution >= 4 is 56.6 Å². The predicted molar refractivity (Wildman–Crippen MR) is 102 cm³/mol. The molecule has 0 saturated heterocycles. The number of rotatable bonds is 3. The van der Waals surface area contributed by atoms with Gasteiger partial charge in [-0.05, 0) is 58.6 Å². The van der Waals surface area contributed by atoms with Gasteiger partial charge in [0.25, 0.3) is 0 Å². The number of nitrogens with one attached hydrogen (secondary N) is 1. The van der Waals surface area contributed by atoms with Crippen LogP contribution in [0.3, 0.4) is 0 Å². The summed E-state index contributed by atoms with van der Waals surface area (Å²) in [4.78, 5) is 6.03. The summed E-state index contributed by atoms with van der Waals surface area (Å²) >= 11 is 16.7. The first-order valence-electron chi connectivity index (χ1n) is 7.20.